The van der Waals surface area contributed by atoms with Gasteiger partial charge in [0.1, 0.15) is 17.9 Å². The van der Waals surface area contributed by atoms with E-state index >= 15 is 4.39 Å². The van der Waals surface area contributed by atoms with E-state index in [1.165, 1.54) is 16.7 Å². The highest BCUT2D eigenvalue weighted by molar-refractivity contribution is 5.97. The van der Waals surface area contributed by atoms with Crippen LogP contribution in [0.2, 0.25) is 0 Å². The summed E-state index contributed by atoms with van der Waals surface area (Å²) in [4.78, 5) is 26.1. The highest BCUT2D eigenvalue weighted by Crippen LogP contribution is 2.59. The number of hydrogen-bond acceptors (Lipinski definition) is 5. The lowest BCUT2D eigenvalue weighted by Crippen LogP contribution is -2.35. The molecule has 3 N–H and O–H groups in total. The fourth-order valence-electron chi connectivity index (χ4n) is 4.79. The Kier molecular flexibility index (Phi) is 3.20. The molecule has 0 radical (unpaired) electrons. The third-order valence-corrected chi connectivity index (χ3v) is 6.37. The summed E-state index contributed by atoms with van der Waals surface area (Å²) in [7, 11) is 0. The molecule has 1 saturated heterocycles. The quantitative estimate of drug-likeness (QED) is 0.848. The lowest BCUT2D eigenvalue weighted by Gasteiger charge is -2.31. The van der Waals surface area contributed by atoms with Gasteiger partial charge < -0.3 is 20.5 Å². The zero-order chi connectivity index (χ0) is 19.1. The van der Waals surface area contributed by atoms with Crippen molar-refractivity contribution in [3.05, 3.63) is 33.9 Å². The average Bonchev–Trinajstić information content (AvgIpc) is 3.19. The third kappa shape index (κ3) is 2.10. The molecule has 8 heteroatoms. The Morgan fingerprint density at radius 3 is 2.93 bits per heavy atom. The fraction of sp³-hybridized carbons (Fsp3) is 0.474. The lowest BCUT2D eigenvalue weighted by atomic mass is 10.1. The molecular weight excluding hydrogens is 353 g/mol. The first-order chi connectivity index (χ1) is 12.9. The molecule has 2 fully saturated rings. The second-order valence-corrected chi connectivity index (χ2v) is 8.02. The molecule has 1 aromatic carbocycles. The van der Waals surface area contributed by atoms with Crippen LogP contribution in [0.1, 0.15) is 29.7 Å². The van der Waals surface area contributed by atoms with Crippen molar-refractivity contribution in [1.29, 1.82) is 0 Å². The number of benzene rings is 1. The molecule has 5 rings (SSSR count). The summed E-state index contributed by atoms with van der Waals surface area (Å²) in [6.07, 6.45) is 1.06. The predicted octanol–water partition coefficient (Wildman–Crippen LogP) is 1.58. The monoisotopic (exact) mass is 373 g/mol. The van der Waals surface area contributed by atoms with Crippen molar-refractivity contribution in [2.75, 3.05) is 31.1 Å². The van der Waals surface area contributed by atoms with Crippen molar-refractivity contribution in [2.45, 2.75) is 19.4 Å². The van der Waals surface area contributed by atoms with Gasteiger partial charge in [0.05, 0.1) is 11.6 Å². The van der Waals surface area contributed by atoms with Crippen LogP contribution in [-0.4, -0.2) is 41.9 Å². The summed E-state index contributed by atoms with van der Waals surface area (Å²) in [5.41, 5.74) is 5.83. The number of piperidine rings is 1. The van der Waals surface area contributed by atoms with Gasteiger partial charge in [-0.1, -0.05) is 0 Å². The van der Waals surface area contributed by atoms with Crippen LogP contribution in [-0.2, 0) is 0 Å². The number of ether oxygens (including phenoxy) is 1. The minimum atomic E-state index is -1.32. The topological polar surface area (TPSA) is 97.8 Å². The number of nitrogens with two attached hydrogens (primary N) is 1. The van der Waals surface area contributed by atoms with Gasteiger partial charge in [0.2, 0.25) is 0 Å². The molecule has 3 aliphatic rings. The molecule has 27 heavy (non-hydrogen) atoms. The maximum Gasteiger partial charge on any atom is 0.341 e. The summed E-state index contributed by atoms with van der Waals surface area (Å²) in [5, 5.41) is 9.70. The molecule has 0 spiro atoms. The van der Waals surface area contributed by atoms with Crippen LogP contribution in [0.15, 0.2) is 16.9 Å². The van der Waals surface area contributed by atoms with Gasteiger partial charge in [0, 0.05) is 23.9 Å². The molecule has 2 aliphatic heterocycles. The Morgan fingerprint density at radius 1 is 1.48 bits per heavy atom. The Morgan fingerprint density at radius 2 is 2.26 bits per heavy atom. The smallest absolute Gasteiger partial charge is 0.341 e. The predicted molar refractivity (Wildman–Crippen MR) is 97.1 cm³/mol. The third-order valence-electron chi connectivity index (χ3n) is 6.37. The van der Waals surface area contributed by atoms with E-state index in [0.717, 1.165) is 6.42 Å². The summed E-state index contributed by atoms with van der Waals surface area (Å²) < 4.78 is 22.4. The summed E-state index contributed by atoms with van der Waals surface area (Å²) in [6, 6.07) is 2.20. The molecule has 1 saturated carbocycles. The van der Waals surface area contributed by atoms with Gasteiger partial charge in [-0.25, -0.2) is 9.18 Å². The van der Waals surface area contributed by atoms with E-state index in [4.69, 9.17) is 10.5 Å². The molecule has 3 atom stereocenters. The average molecular weight is 373 g/mol. The maximum absolute atomic E-state index is 15.1. The van der Waals surface area contributed by atoms with Gasteiger partial charge in [-0.05, 0) is 37.9 Å². The van der Waals surface area contributed by atoms with Gasteiger partial charge in [0.25, 0.3) is 5.56 Å². The zero-order valence-electron chi connectivity index (χ0n) is 14.9. The van der Waals surface area contributed by atoms with Crippen molar-refractivity contribution >= 4 is 22.6 Å². The molecule has 7 nitrogen and oxygen atoms in total. The number of nitrogens with zero attached hydrogens (tertiary/aromatic N) is 2. The van der Waals surface area contributed by atoms with E-state index in [-0.39, 0.29) is 23.6 Å². The SMILES string of the molecule is C[C@H]1COc2c(N3CC4CC4(CN)C3)c(F)cc3cc(C(=O)O)c(=O)n1c23. The molecule has 3 heterocycles. The van der Waals surface area contributed by atoms with Crippen LogP contribution in [0, 0.1) is 17.2 Å². The van der Waals surface area contributed by atoms with Gasteiger partial charge >= 0.3 is 5.97 Å². The molecule has 2 aromatic rings. The standard InChI is InChI=1S/C19H20FN3O4/c1-9-6-27-16-14-10(2-12(18(25)26)17(24)23(9)14)3-13(20)15(16)22-5-11-4-19(11,7-21)8-22/h2-3,9,11H,4-8,21H2,1H3,(H,25,26)/t9-,11?,19?/m0/s1. The summed E-state index contributed by atoms with van der Waals surface area (Å²) in [5.74, 6) is -1.00. The normalized spacial score (nSPS) is 28.2. The summed E-state index contributed by atoms with van der Waals surface area (Å²) >= 11 is 0. The maximum atomic E-state index is 15.1. The summed E-state index contributed by atoms with van der Waals surface area (Å²) in [6.45, 7) is 3.92. The van der Waals surface area contributed by atoms with Crippen molar-refractivity contribution in [1.82, 2.24) is 4.57 Å². The first-order valence-electron chi connectivity index (χ1n) is 9.09. The van der Waals surface area contributed by atoms with Crippen molar-refractivity contribution in [3.63, 3.8) is 0 Å². The number of carboxylic acid groups (broad SMARTS) is 1. The largest absolute Gasteiger partial charge is 0.487 e. The highest BCUT2D eigenvalue weighted by atomic mass is 19.1. The van der Waals surface area contributed by atoms with Gasteiger partial charge in [0.15, 0.2) is 11.6 Å². The van der Waals surface area contributed by atoms with E-state index in [1.54, 1.807) is 6.92 Å². The molecule has 2 unspecified atom stereocenters. The Hall–Kier alpha value is -2.61. The molecular formula is C19H20FN3O4. The number of rotatable bonds is 3. The van der Waals surface area contributed by atoms with E-state index in [1.807, 2.05) is 4.90 Å². The first kappa shape index (κ1) is 16.6. The van der Waals surface area contributed by atoms with Gasteiger partial charge in [-0.2, -0.15) is 0 Å². The Bertz CT molecular complexity index is 1060. The van der Waals surface area contributed by atoms with Crippen LogP contribution in [0.5, 0.6) is 5.75 Å². The zero-order valence-corrected chi connectivity index (χ0v) is 14.9. The number of hydrogen-bond donors (Lipinski definition) is 2. The van der Waals surface area contributed by atoms with Gasteiger partial charge in [-0.3, -0.25) is 9.36 Å². The van der Waals surface area contributed by atoms with E-state index in [0.29, 0.717) is 47.9 Å². The van der Waals surface area contributed by atoms with Crippen molar-refractivity contribution in [2.24, 2.45) is 17.1 Å². The number of anilines is 1. The second-order valence-electron chi connectivity index (χ2n) is 8.02. The second kappa shape index (κ2) is 5.22. The molecule has 0 bridgehead atoms. The molecule has 142 valence electrons. The van der Waals surface area contributed by atoms with Crippen molar-refractivity contribution in [3.8, 4) is 5.75 Å². The van der Waals surface area contributed by atoms with E-state index in [9.17, 15) is 14.7 Å². The number of carbonyl (C=O) groups is 1. The van der Waals surface area contributed by atoms with Crippen molar-refractivity contribution < 1.29 is 19.0 Å². The molecule has 1 aliphatic carbocycles. The number of fused-ring (bicyclic) bond motifs is 1. The number of halogens is 1. The van der Waals surface area contributed by atoms with Crippen LogP contribution >= 0.6 is 0 Å². The lowest BCUT2D eigenvalue weighted by molar-refractivity contribution is 0.0694. The number of carboxylic acids is 1. The Labute approximate surface area is 154 Å². The van der Waals surface area contributed by atoms with Crippen LogP contribution in [0.4, 0.5) is 10.1 Å². The van der Waals surface area contributed by atoms with E-state index < -0.39 is 17.3 Å². The van der Waals surface area contributed by atoms with Gasteiger partial charge in [-0.15, -0.1) is 0 Å². The number of aromatic nitrogens is 1. The minimum absolute atomic E-state index is 0.0584. The molecule has 0 amide bonds. The molecule has 1 aromatic heterocycles. The van der Waals surface area contributed by atoms with Crippen LogP contribution in [0.25, 0.3) is 10.9 Å². The minimum Gasteiger partial charge on any atom is -0.487 e. The van der Waals surface area contributed by atoms with Crippen LogP contribution < -0.4 is 20.9 Å². The first-order valence-corrected chi connectivity index (χ1v) is 9.09. The number of aromatic carboxylic acids is 1. The van der Waals surface area contributed by atoms with E-state index in [2.05, 4.69) is 0 Å². The Balaban J connectivity index is 1.76. The fourth-order valence-corrected chi connectivity index (χ4v) is 4.79. The van der Waals surface area contributed by atoms with Crippen LogP contribution in [0.3, 0.4) is 0 Å². The number of pyridine rings is 1. The highest BCUT2D eigenvalue weighted by Gasteiger charge is 2.59.